The lowest BCUT2D eigenvalue weighted by Crippen LogP contribution is -2.25. The van der Waals surface area contributed by atoms with Crippen molar-refractivity contribution in [3.8, 4) is 0 Å². The molecule has 0 saturated heterocycles. The summed E-state index contributed by atoms with van der Waals surface area (Å²) in [5.74, 6) is 0. The summed E-state index contributed by atoms with van der Waals surface area (Å²) < 4.78 is 0. The average Bonchev–Trinajstić information content (AvgIpc) is 2.88. The molecule has 18 heavy (non-hydrogen) atoms. The van der Waals surface area contributed by atoms with Crippen LogP contribution < -0.4 is 10.6 Å². The van der Waals surface area contributed by atoms with Gasteiger partial charge in [-0.05, 0) is 30.5 Å². The molecule has 4 heteroatoms. The van der Waals surface area contributed by atoms with E-state index in [0.717, 1.165) is 24.3 Å². The van der Waals surface area contributed by atoms with Gasteiger partial charge in [-0.15, -0.1) is 11.3 Å². The van der Waals surface area contributed by atoms with Gasteiger partial charge in [0.25, 0.3) is 0 Å². The molecule has 2 aromatic rings. The second-order valence-corrected chi connectivity index (χ2v) is 5.45. The molecule has 0 amide bonds. The number of hydrogen-bond donors (Lipinski definition) is 1. The first-order valence-corrected chi connectivity index (χ1v) is 7.17. The van der Waals surface area contributed by atoms with E-state index in [-0.39, 0.29) is 0 Å². The summed E-state index contributed by atoms with van der Waals surface area (Å²) in [7, 11) is 0. The number of para-hydroxylation sites is 1. The Morgan fingerprint density at radius 3 is 2.67 bits per heavy atom. The Hall–Kier alpha value is -1.39. The van der Waals surface area contributed by atoms with Crippen molar-refractivity contribution in [3.05, 3.63) is 52.2 Å². The fourth-order valence-electron chi connectivity index (χ4n) is 1.92. The number of rotatable bonds is 5. The highest BCUT2D eigenvalue weighted by Gasteiger charge is 2.11. The van der Waals surface area contributed by atoms with Gasteiger partial charge >= 0.3 is 0 Å². The summed E-state index contributed by atoms with van der Waals surface area (Å²) in [5.41, 5.74) is 7.85. The van der Waals surface area contributed by atoms with Gasteiger partial charge in [-0.1, -0.05) is 30.4 Å². The smallest absolute Gasteiger partial charge is 0.106 e. The standard InChI is InChI=1S/C14H16N2S2/c1-2-16(10-11-6-5-9-18-11)13-8-4-3-7-12(13)14(15)17/h3-9H,2,10H2,1H3,(H2,15,17). The first kappa shape index (κ1) is 13.1. The zero-order valence-corrected chi connectivity index (χ0v) is 11.9. The van der Waals surface area contributed by atoms with Crippen molar-refractivity contribution < 1.29 is 0 Å². The zero-order valence-electron chi connectivity index (χ0n) is 10.3. The highest BCUT2D eigenvalue weighted by atomic mass is 32.1. The minimum atomic E-state index is 0.454. The highest BCUT2D eigenvalue weighted by molar-refractivity contribution is 7.80. The third-order valence-electron chi connectivity index (χ3n) is 2.82. The Bertz CT molecular complexity index is 520. The van der Waals surface area contributed by atoms with E-state index in [2.05, 4.69) is 35.4 Å². The predicted octanol–water partition coefficient (Wildman–Crippen LogP) is 3.41. The van der Waals surface area contributed by atoms with Crippen LogP contribution in [0.3, 0.4) is 0 Å². The van der Waals surface area contributed by atoms with Gasteiger partial charge in [0.05, 0.1) is 6.54 Å². The highest BCUT2D eigenvalue weighted by Crippen LogP contribution is 2.23. The molecule has 0 unspecified atom stereocenters. The van der Waals surface area contributed by atoms with Crippen molar-refractivity contribution in [3.63, 3.8) is 0 Å². The van der Waals surface area contributed by atoms with Gasteiger partial charge in [-0.3, -0.25) is 0 Å². The predicted molar refractivity (Wildman–Crippen MR) is 83.4 cm³/mol. The summed E-state index contributed by atoms with van der Waals surface area (Å²) in [5, 5.41) is 2.10. The lowest BCUT2D eigenvalue weighted by atomic mass is 10.1. The van der Waals surface area contributed by atoms with E-state index in [1.54, 1.807) is 11.3 Å². The number of thiocarbonyl (C=S) groups is 1. The van der Waals surface area contributed by atoms with Crippen LogP contribution in [0.5, 0.6) is 0 Å². The van der Waals surface area contributed by atoms with E-state index in [1.807, 2.05) is 18.2 Å². The molecule has 94 valence electrons. The molecule has 0 atom stereocenters. The Balaban J connectivity index is 2.30. The van der Waals surface area contributed by atoms with E-state index >= 15 is 0 Å². The van der Waals surface area contributed by atoms with Crippen LogP contribution in [-0.2, 0) is 6.54 Å². The number of benzene rings is 1. The SMILES string of the molecule is CCN(Cc1cccs1)c1ccccc1C(N)=S. The molecule has 1 heterocycles. The van der Waals surface area contributed by atoms with Crippen molar-refractivity contribution in [1.82, 2.24) is 0 Å². The van der Waals surface area contributed by atoms with Gasteiger partial charge in [0.1, 0.15) is 4.99 Å². The third-order valence-corrected chi connectivity index (χ3v) is 3.90. The van der Waals surface area contributed by atoms with E-state index < -0.39 is 0 Å². The molecular formula is C14H16N2S2. The van der Waals surface area contributed by atoms with Crippen LogP contribution in [0.25, 0.3) is 0 Å². The zero-order chi connectivity index (χ0) is 13.0. The largest absolute Gasteiger partial charge is 0.389 e. The number of nitrogens with zero attached hydrogens (tertiary/aromatic N) is 1. The van der Waals surface area contributed by atoms with Crippen molar-refractivity contribution in [1.29, 1.82) is 0 Å². The van der Waals surface area contributed by atoms with Gasteiger partial charge in [0, 0.05) is 22.7 Å². The molecule has 0 fully saturated rings. The molecular weight excluding hydrogens is 260 g/mol. The molecule has 0 bridgehead atoms. The topological polar surface area (TPSA) is 29.3 Å². The first-order valence-electron chi connectivity index (χ1n) is 5.88. The lowest BCUT2D eigenvalue weighted by Gasteiger charge is -2.24. The van der Waals surface area contributed by atoms with Crippen LogP contribution in [0.4, 0.5) is 5.69 Å². The van der Waals surface area contributed by atoms with Gasteiger partial charge < -0.3 is 10.6 Å². The molecule has 2 rings (SSSR count). The Labute approximate surface area is 117 Å². The average molecular weight is 276 g/mol. The fourth-order valence-corrected chi connectivity index (χ4v) is 2.81. The van der Waals surface area contributed by atoms with Crippen molar-refractivity contribution in [2.45, 2.75) is 13.5 Å². The molecule has 0 aliphatic rings. The van der Waals surface area contributed by atoms with Crippen molar-refractivity contribution >= 4 is 34.2 Å². The molecule has 0 aliphatic heterocycles. The van der Waals surface area contributed by atoms with Crippen LogP contribution in [-0.4, -0.2) is 11.5 Å². The minimum absolute atomic E-state index is 0.454. The van der Waals surface area contributed by atoms with Gasteiger partial charge in [-0.2, -0.15) is 0 Å². The molecule has 1 aromatic heterocycles. The lowest BCUT2D eigenvalue weighted by molar-refractivity contribution is 0.841. The Kier molecular flexibility index (Phi) is 4.33. The molecule has 2 N–H and O–H groups in total. The number of nitrogens with two attached hydrogens (primary N) is 1. The van der Waals surface area contributed by atoms with Crippen LogP contribution >= 0.6 is 23.6 Å². The number of hydrogen-bond acceptors (Lipinski definition) is 3. The van der Waals surface area contributed by atoms with Crippen molar-refractivity contribution in [2.24, 2.45) is 5.73 Å². The first-order chi connectivity index (χ1) is 8.72. The maximum Gasteiger partial charge on any atom is 0.106 e. The number of thiophene rings is 1. The number of anilines is 1. The summed E-state index contributed by atoms with van der Waals surface area (Å²) in [6.45, 7) is 3.97. The van der Waals surface area contributed by atoms with Gasteiger partial charge in [0.2, 0.25) is 0 Å². The second-order valence-electron chi connectivity index (χ2n) is 3.97. The molecule has 1 aromatic carbocycles. The molecule has 0 aliphatic carbocycles. The summed E-state index contributed by atoms with van der Waals surface area (Å²) >= 11 is 6.89. The summed E-state index contributed by atoms with van der Waals surface area (Å²) in [6, 6.07) is 12.3. The van der Waals surface area contributed by atoms with Gasteiger partial charge in [-0.25, -0.2) is 0 Å². The minimum Gasteiger partial charge on any atom is -0.389 e. The maximum atomic E-state index is 5.79. The monoisotopic (exact) mass is 276 g/mol. The Morgan fingerprint density at radius 2 is 2.06 bits per heavy atom. The fraction of sp³-hybridized carbons (Fsp3) is 0.214. The normalized spacial score (nSPS) is 10.3. The molecule has 0 saturated carbocycles. The van der Waals surface area contributed by atoms with Gasteiger partial charge in [0.15, 0.2) is 0 Å². The van der Waals surface area contributed by atoms with Crippen molar-refractivity contribution in [2.75, 3.05) is 11.4 Å². The van der Waals surface area contributed by atoms with E-state index in [1.165, 1.54) is 4.88 Å². The van der Waals surface area contributed by atoms with E-state index in [9.17, 15) is 0 Å². The van der Waals surface area contributed by atoms with E-state index in [0.29, 0.717) is 4.99 Å². The van der Waals surface area contributed by atoms with E-state index in [4.69, 9.17) is 18.0 Å². The third kappa shape index (κ3) is 2.89. The summed E-state index contributed by atoms with van der Waals surface area (Å²) in [4.78, 5) is 4.09. The Morgan fingerprint density at radius 1 is 1.28 bits per heavy atom. The van der Waals surface area contributed by atoms with Crippen LogP contribution in [0.1, 0.15) is 17.4 Å². The quantitative estimate of drug-likeness (QED) is 0.849. The molecule has 0 spiro atoms. The second kappa shape index (κ2) is 5.98. The molecule has 2 nitrogen and oxygen atoms in total. The van der Waals surface area contributed by atoms with Crippen LogP contribution in [0.15, 0.2) is 41.8 Å². The van der Waals surface area contributed by atoms with Crippen LogP contribution in [0.2, 0.25) is 0 Å². The molecule has 0 radical (unpaired) electrons. The maximum absolute atomic E-state index is 5.79. The van der Waals surface area contributed by atoms with Crippen LogP contribution in [0, 0.1) is 0 Å². The summed E-state index contributed by atoms with van der Waals surface area (Å²) in [6.07, 6.45) is 0.